The summed E-state index contributed by atoms with van der Waals surface area (Å²) in [6.45, 7) is 3.91. The lowest BCUT2D eigenvalue weighted by Crippen LogP contribution is -2.35. The molecule has 2 N–H and O–H groups in total. The second-order valence-corrected chi connectivity index (χ2v) is 6.54. The quantitative estimate of drug-likeness (QED) is 0.721. The fourth-order valence-electron chi connectivity index (χ4n) is 3.39. The minimum absolute atomic E-state index is 0.162. The van der Waals surface area contributed by atoms with Gasteiger partial charge in [0.15, 0.2) is 0 Å². The van der Waals surface area contributed by atoms with Crippen molar-refractivity contribution >= 4 is 34.1 Å². The maximum absolute atomic E-state index is 12.8. The molecule has 0 saturated carbocycles. The first-order valence-corrected chi connectivity index (χ1v) is 8.30. The van der Waals surface area contributed by atoms with Crippen molar-refractivity contribution in [1.82, 2.24) is 4.98 Å². The van der Waals surface area contributed by atoms with E-state index in [1.54, 1.807) is 0 Å². The molecule has 2 aromatic carbocycles. The van der Waals surface area contributed by atoms with E-state index < -0.39 is 6.04 Å². The van der Waals surface area contributed by atoms with Crippen LogP contribution in [0.4, 0.5) is 11.4 Å². The Kier molecular flexibility index (Phi) is 3.57. The Balaban J connectivity index is 1.60. The molecule has 1 aliphatic heterocycles. The zero-order valence-electron chi connectivity index (χ0n) is 14.2. The molecule has 0 bridgehead atoms. The van der Waals surface area contributed by atoms with Crippen LogP contribution in [0.1, 0.15) is 17.5 Å². The second-order valence-electron chi connectivity index (χ2n) is 6.54. The number of aromatic amines is 1. The third kappa shape index (κ3) is 2.67. The fourth-order valence-corrected chi connectivity index (χ4v) is 3.39. The fraction of sp³-hybridized carbons (Fsp3) is 0.200. The van der Waals surface area contributed by atoms with Crippen molar-refractivity contribution in [3.63, 3.8) is 0 Å². The Morgan fingerprint density at radius 1 is 1.08 bits per heavy atom. The Labute approximate surface area is 145 Å². The predicted molar refractivity (Wildman–Crippen MR) is 98.7 cm³/mol. The van der Waals surface area contributed by atoms with Gasteiger partial charge >= 0.3 is 0 Å². The molecule has 25 heavy (non-hydrogen) atoms. The van der Waals surface area contributed by atoms with Crippen molar-refractivity contribution in [1.29, 1.82) is 0 Å². The molecule has 1 saturated heterocycles. The maximum atomic E-state index is 12.8. The second kappa shape index (κ2) is 5.77. The summed E-state index contributed by atoms with van der Waals surface area (Å²) in [6.07, 6.45) is 2.04. The molecule has 2 amide bonds. The van der Waals surface area contributed by atoms with Gasteiger partial charge in [0.25, 0.3) is 5.91 Å². The van der Waals surface area contributed by atoms with Crippen molar-refractivity contribution in [3.8, 4) is 0 Å². The highest BCUT2D eigenvalue weighted by Gasteiger charge is 2.40. The van der Waals surface area contributed by atoms with Gasteiger partial charge in [0.05, 0.1) is 12.1 Å². The first kappa shape index (κ1) is 15.4. The van der Waals surface area contributed by atoms with Crippen molar-refractivity contribution in [2.75, 3.05) is 10.2 Å². The largest absolute Gasteiger partial charge is 0.373 e. The number of anilines is 2. The Hall–Kier alpha value is -3.08. The van der Waals surface area contributed by atoms with E-state index in [4.69, 9.17) is 0 Å². The van der Waals surface area contributed by atoms with Crippen molar-refractivity contribution in [2.24, 2.45) is 0 Å². The van der Waals surface area contributed by atoms with Gasteiger partial charge in [-0.2, -0.15) is 0 Å². The first-order valence-electron chi connectivity index (χ1n) is 8.30. The minimum Gasteiger partial charge on any atom is -0.373 e. The standard InChI is InChI=1S/C20H19N3O2/c1-12-3-6-18(13(2)9-12)23-19(24)11-17(20(23)25)22-15-5-4-14-7-8-21-16(14)10-15/h3-10,17,21-22H,11H2,1-2H3/t17-/m0/s1. The Morgan fingerprint density at radius 2 is 1.92 bits per heavy atom. The van der Waals surface area contributed by atoms with E-state index in [-0.39, 0.29) is 18.2 Å². The number of hydrogen-bond acceptors (Lipinski definition) is 3. The van der Waals surface area contributed by atoms with E-state index in [1.165, 1.54) is 4.90 Å². The summed E-state index contributed by atoms with van der Waals surface area (Å²) >= 11 is 0. The predicted octanol–water partition coefficient (Wildman–Crippen LogP) is 3.53. The molecule has 0 aliphatic carbocycles. The van der Waals surface area contributed by atoms with Gasteiger partial charge in [0.2, 0.25) is 5.91 Å². The lowest BCUT2D eigenvalue weighted by molar-refractivity contribution is -0.121. The third-order valence-corrected chi connectivity index (χ3v) is 4.64. The van der Waals surface area contributed by atoms with E-state index in [2.05, 4.69) is 10.3 Å². The summed E-state index contributed by atoms with van der Waals surface area (Å²) in [6, 6.07) is 13.1. The number of nitrogens with one attached hydrogen (secondary N) is 2. The number of aryl methyl sites for hydroxylation is 2. The molecule has 1 fully saturated rings. The number of aromatic nitrogens is 1. The van der Waals surface area contributed by atoms with E-state index >= 15 is 0 Å². The molecule has 1 aliphatic rings. The lowest BCUT2D eigenvalue weighted by atomic mass is 10.1. The molecule has 0 radical (unpaired) electrons. The van der Waals surface area contributed by atoms with Crippen LogP contribution < -0.4 is 10.2 Å². The van der Waals surface area contributed by atoms with Crippen LogP contribution in [0.15, 0.2) is 48.7 Å². The number of carbonyl (C=O) groups excluding carboxylic acids is 2. The number of hydrogen-bond donors (Lipinski definition) is 2. The van der Waals surface area contributed by atoms with Crippen LogP contribution in [-0.2, 0) is 9.59 Å². The minimum atomic E-state index is -0.541. The summed E-state index contributed by atoms with van der Waals surface area (Å²) in [5.41, 5.74) is 4.52. The maximum Gasteiger partial charge on any atom is 0.256 e. The summed E-state index contributed by atoms with van der Waals surface area (Å²) in [7, 11) is 0. The number of amides is 2. The van der Waals surface area contributed by atoms with Gasteiger partial charge in [-0.05, 0) is 49.1 Å². The average Bonchev–Trinajstić information content (AvgIpc) is 3.13. The van der Waals surface area contributed by atoms with Crippen LogP contribution in [-0.4, -0.2) is 22.8 Å². The van der Waals surface area contributed by atoms with Crippen LogP contribution in [0, 0.1) is 13.8 Å². The number of carbonyl (C=O) groups is 2. The smallest absolute Gasteiger partial charge is 0.256 e. The van der Waals surface area contributed by atoms with Crippen LogP contribution in [0.25, 0.3) is 10.9 Å². The summed E-state index contributed by atoms with van der Waals surface area (Å²) in [5, 5.41) is 4.31. The van der Waals surface area contributed by atoms with Crippen LogP contribution in [0.2, 0.25) is 0 Å². The number of nitrogens with zero attached hydrogens (tertiary/aromatic N) is 1. The number of H-pyrrole nitrogens is 1. The molecule has 1 aromatic heterocycles. The van der Waals surface area contributed by atoms with Crippen molar-refractivity contribution < 1.29 is 9.59 Å². The van der Waals surface area contributed by atoms with E-state index in [1.807, 2.05) is 62.5 Å². The highest BCUT2D eigenvalue weighted by atomic mass is 16.2. The number of imide groups is 1. The molecular formula is C20H19N3O2. The zero-order chi connectivity index (χ0) is 17.6. The van der Waals surface area contributed by atoms with Crippen molar-refractivity contribution in [2.45, 2.75) is 26.3 Å². The molecule has 2 heterocycles. The summed E-state index contributed by atoms with van der Waals surface area (Å²) in [5.74, 6) is -0.376. The van der Waals surface area contributed by atoms with Gasteiger partial charge in [-0.25, -0.2) is 4.90 Å². The lowest BCUT2D eigenvalue weighted by Gasteiger charge is -2.18. The number of rotatable bonds is 3. The summed E-state index contributed by atoms with van der Waals surface area (Å²) in [4.78, 5) is 29.7. The molecular weight excluding hydrogens is 314 g/mol. The molecule has 1 atom stereocenters. The van der Waals surface area contributed by atoms with Gasteiger partial charge in [0.1, 0.15) is 6.04 Å². The average molecular weight is 333 g/mol. The SMILES string of the molecule is Cc1ccc(N2C(=O)C[C@H](Nc3ccc4cc[nH]c4c3)C2=O)c(C)c1. The van der Waals surface area contributed by atoms with E-state index in [0.717, 1.165) is 27.7 Å². The Bertz CT molecular complexity index is 990. The van der Waals surface area contributed by atoms with Gasteiger partial charge < -0.3 is 10.3 Å². The molecule has 5 heteroatoms. The van der Waals surface area contributed by atoms with Gasteiger partial charge in [0, 0.05) is 17.4 Å². The van der Waals surface area contributed by atoms with Gasteiger partial charge in [-0.3, -0.25) is 9.59 Å². The van der Waals surface area contributed by atoms with Crippen LogP contribution in [0.3, 0.4) is 0 Å². The topological polar surface area (TPSA) is 65.2 Å². The van der Waals surface area contributed by atoms with E-state index in [0.29, 0.717) is 5.69 Å². The van der Waals surface area contributed by atoms with Crippen LogP contribution >= 0.6 is 0 Å². The van der Waals surface area contributed by atoms with Crippen molar-refractivity contribution in [3.05, 3.63) is 59.8 Å². The third-order valence-electron chi connectivity index (χ3n) is 4.64. The Morgan fingerprint density at radius 3 is 2.72 bits per heavy atom. The molecule has 126 valence electrons. The monoisotopic (exact) mass is 333 g/mol. The summed E-state index contributed by atoms with van der Waals surface area (Å²) < 4.78 is 0. The number of benzene rings is 2. The molecule has 0 spiro atoms. The normalized spacial score (nSPS) is 17.5. The molecule has 4 rings (SSSR count). The van der Waals surface area contributed by atoms with Gasteiger partial charge in [-0.15, -0.1) is 0 Å². The van der Waals surface area contributed by atoms with Gasteiger partial charge in [-0.1, -0.05) is 23.8 Å². The highest BCUT2D eigenvalue weighted by Crippen LogP contribution is 2.29. The first-order chi connectivity index (χ1) is 12.0. The highest BCUT2D eigenvalue weighted by molar-refractivity contribution is 6.23. The molecule has 0 unspecified atom stereocenters. The van der Waals surface area contributed by atoms with Crippen LogP contribution in [0.5, 0.6) is 0 Å². The molecule has 3 aromatic rings. The van der Waals surface area contributed by atoms with E-state index in [9.17, 15) is 9.59 Å². The zero-order valence-corrected chi connectivity index (χ0v) is 14.2. The molecule has 5 nitrogen and oxygen atoms in total. The number of fused-ring (bicyclic) bond motifs is 1.